The Balaban J connectivity index is 3.03. The van der Waals surface area contributed by atoms with Crippen molar-refractivity contribution >= 4 is 5.78 Å². The van der Waals surface area contributed by atoms with Crippen LogP contribution in [0.25, 0.3) is 0 Å². The van der Waals surface area contributed by atoms with Crippen molar-refractivity contribution in [2.75, 3.05) is 0 Å². The maximum atomic E-state index is 12.6. The molecule has 0 unspecified atom stereocenters. The van der Waals surface area contributed by atoms with Gasteiger partial charge < -0.3 is 0 Å². The topological polar surface area (TPSA) is 17.1 Å². The van der Waals surface area contributed by atoms with Gasteiger partial charge in [-0.1, -0.05) is 18.7 Å². The third kappa shape index (κ3) is 1.91. The van der Waals surface area contributed by atoms with Crippen LogP contribution in [0.1, 0.15) is 10.4 Å². The van der Waals surface area contributed by atoms with Gasteiger partial charge >= 0.3 is 0 Å². The second-order valence-electron chi connectivity index (χ2n) is 2.22. The van der Waals surface area contributed by atoms with Gasteiger partial charge in [0, 0.05) is 11.6 Å². The van der Waals surface area contributed by atoms with E-state index in [2.05, 4.69) is 12.3 Å². The zero-order chi connectivity index (χ0) is 8.97. The first-order valence-electron chi connectivity index (χ1n) is 3.40. The SMILES string of the molecule is C=C=CC(=O)c1cccc(F)c1. The lowest BCUT2D eigenvalue weighted by atomic mass is 10.1. The first-order valence-corrected chi connectivity index (χ1v) is 3.40. The van der Waals surface area contributed by atoms with E-state index in [1.807, 2.05) is 0 Å². The number of carbonyl (C=O) groups excluding carboxylic acids is 1. The average Bonchev–Trinajstić information content (AvgIpc) is 2.05. The van der Waals surface area contributed by atoms with E-state index in [0.29, 0.717) is 5.56 Å². The van der Waals surface area contributed by atoms with E-state index in [0.717, 1.165) is 0 Å². The third-order valence-electron chi connectivity index (χ3n) is 1.34. The minimum Gasteiger partial charge on any atom is -0.289 e. The van der Waals surface area contributed by atoms with Gasteiger partial charge in [-0.05, 0) is 12.1 Å². The minimum atomic E-state index is -0.418. The van der Waals surface area contributed by atoms with Crippen molar-refractivity contribution in [1.29, 1.82) is 0 Å². The van der Waals surface area contributed by atoms with Crippen molar-refractivity contribution in [3.8, 4) is 0 Å². The lowest BCUT2D eigenvalue weighted by Gasteiger charge is -1.93. The summed E-state index contributed by atoms with van der Waals surface area (Å²) in [4.78, 5) is 11.1. The Bertz CT molecular complexity index is 349. The molecule has 1 nitrogen and oxygen atoms in total. The lowest BCUT2D eigenvalue weighted by molar-refractivity contribution is 0.104. The molecule has 0 N–H and O–H groups in total. The molecule has 0 radical (unpaired) electrons. The smallest absolute Gasteiger partial charge is 0.193 e. The van der Waals surface area contributed by atoms with Gasteiger partial charge in [0.2, 0.25) is 0 Å². The predicted octanol–water partition coefficient (Wildman–Crippen LogP) is 2.35. The van der Waals surface area contributed by atoms with Gasteiger partial charge in [0.1, 0.15) is 5.82 Å². The third-order valence-corrected chi connectivity index (χ3v) is 1.34. The summed E-state index contributed by atoms with van der Waals surface area (Å²) in [5.41, 5.74) is 2.65. The highest BCUT2D eigenvalue weighted by Crippen LogP contribution is 2.04. The number of hydrogen-bond donors (Lipinski definition) is 0. The fourth-order valence-electron chi connectivity index (χ4n) is 0.818. The van der Waals surface area contributed by atoms with E-state index in [9.17, 15) is 9.18 Å². The van der Waals surface area contributed by atoms with E-state index >= 15 is 0 Å². The number of allylic oxidation sites excluding steroid dienone is 1. The number of hydrogen-bond acceptors (Lipinski definition) is 1. The fourth-order valence-corrected chi connectivity index (χ4v) is 0.818. The molecule has 0 aromatic heterocycles. The van der Waals surface area contributed by atoms with Crippen molar-refractivity contribution in [1.82, 2.24) is 0 Å². The van der Waals surface area contributed by atoms with Crippen LogP contribution in [0.2, 0.25) is 0 Å². The van der Waals surface area contributed by atoms with Crippen LogP contribution in [-0.2, 0) is 0 Å². The molecular formula is C10H7FO. The fraction of sp³-hybridized carbons (Fsp3) is 0. The van der Waals surface area contributed by atoms with Crippen LogP contribution in [0.4, 0.5) is 4.39 Å². The minimum absolute atomic E-state index is 0.287. The van der Waals surface area contributed by atoms with Crippen molar-refractivity contribution in [3.05, 3.63) is 54.0 Å². The molecule has 1 aromatic rings. The highest BCUT2D eigenvalue weighted by atomic mass is 19.1. The summed E-state index contributed by atoms with van der Waals surface area (Å²) >= 11 is 0. The van der Waals surface area contributed by atoms with Gasteiger partial charge in [0.15, 0.2) is 5.78 Å². The quantitative estimate of drug-likeness (QED) is 0.370. The molecule has 60 valence electrons. The highest BCUT2D eigenvalue weighted by Gasteiger charge is 2.00. The summed E-state index contributed by atoms with van der Waals surface area (Å²) < 4.78 is 12.6. The van der Waals surface area contributed by atoms with Gasteiger partial charge in [-0.25, -0.2) is 4.39 Å². The molecule has 0 atom stereocenters. The standard InChI is InChI=1S/C10H7FO/c1-2-4-10(12)8-5-3-6-9(11)7-8/h3-7H,1H2. The summed E-state index contributed by atoms with van der Waals surface area (Å²) in [6.07, 6.45) is 1.18. The number of carbonyl (C=O) groups is 1. The molecule has 0 fully saturated rings. The molecule has 0 aliphatic heterocycles. The Kier molecular flexibility index (Phi) is 2.57. The number of halogens is 1. The molecule has 0 heterocycles. The van der Waals surface area contributed by atoms with Crippen molar-refractivity contribution < 1.29 is 9.18 Å². The van der Waals surface area contributed by atoms with Crippen LogP contribution in [0.3, 0.4) is 0 Å². The second kappa shape index (κ2) is 3.65. The Morgan fingerprint density at radius 2 is 2.33 bits per heavy atom. The van der Waals surface area contributed by atoms with Gasteiger partial charge in [-0.15, -0.1) is 5.73 Å². The van der Waals surface area contributed by atoms with Gasteiger partial charge in [-0.2, -0.15) is 0 Å². The monoisotopic (exact) mass is 162 g/mol. The van der Waals surface area contributed by atoms with E-state index in [-0.39, 0.29) is 5.78 Å². The second-order valence-corrected chi connectivity index (χ2v) is 2.22. The molecule has 0 spiro atoms. The summed E-state index contributed by atoms with van der Waals surface area (Å²) in [6, 6.07) is 5.49. The van der Waals surface area contributed by atoms with Crippen LogP contribution in [-0.4, -0.2) is 5.78 Å². The molecule has 1 aromatic carbocycles. The molecule has 0 saturated carbocycles. The predicted molar refractivity (Wildman–Crippen MR) is 44.4 cm³/mol. The molecule has 12 heavy (non-hydrogen) atoms. The first kappa shape index (κ1) is 8.44. The molecule has 0 saturated heterocycles. The zero-order valence-corrected chi connectivity index (χ0v) is 6.38. The van der Waals surface area contributed by atoms with E-state index < -0.39 is 5.82 Å². The van der Waals surface area contributed by atoms with Crippen LogP contribution in [0.5, 0.6) is 0 Å². The summed E-state index contributed by atoms with van der Waals surface area (Å²) in [6.45, 7) is 3.25. The molecule has 2 heteroatoms. The first-order chi connectivity index (χ1) is 5.74. The van der Waals surface area contributed by atoms with E-state index in [1.54, 1.807) is 6.07 Å². The maximum Gasteiger partial charge on any atom is 0.193 e. The average molecular weight is 162 g/mol. The molecular weight excluding hydrogens is 155 g/mol. The van der Waals surface area contributed by atoms with Crippen LogP contribution in [0.15, 0.2) is 42.7 Å². The highest BCUT2D eigenvalue weighted by molar-refractivity contribution is 6.04. The van der Waals surface area contributed by atoms with Crippen LogP contribution in [0, 0.1) is 5.82 Å². The number of rotatable bonds is 2. The molecule has 0 aliphatic rings. The zero-order valence-electron chi connectivity index (χ0n) is 6.38. The van der Waals surface area contributed by atoms with Crippen LogP contribution < -0.4 is 0 Å². The van der Waals surface area contributed by atoms with Crippen molar-refractivity contribution in [2.45, 2.75) is 0 Å². The number of ketones is 1. The summed E-state index contributed by atoms with van der Waals surface area (Å²) in [5.74, 6) is -0.706. The van der Waals surface area contributed by atoms with Gasteiger partial charge in [-0.3, -0.25) is 4.79 Å². The molecule has 1 rings (SSSR count). The van der Waals surface area contributed by atoms with Crippen molar-refractivity contribution in [3.63, 3.8) is 0 Å². The molecule has 0 aliphatic carbocycles. The van der Waals surface area contributed by atoms with Gasteiger partial charge in [0.25, 0.3) is 0 Å². The molecule has 0 bridgehead atoms. The normalized spacial score (nSPS) is 8.75. The van der Waals surface area contributed by atoms with E-state index in [1.165, 1.54) is 24.3 Å². The lowest BCUT2D eigenvalue weighted by Crippen LogP contribution is -1.93. The Labute approximate surface area is 69.8 Å². The summed E-state index contributed by atoms with van der Waals surface area (Å²) in [5, 5.41) is 0. The largest absolute Gasteiger partial charge is 0.289 e. The Hall–Kier alpha value is -1.66. The summed E-state index contributed by atoms with van der Waals surface area (Å²) in [7, 11) is 0. The molecule has 0 amide bonds. The Morgan fingerprint density at radius 3 is 2.92 bits per heavy atom. The van der Waals surface area contributed by atoms with Crippen molar-refractivity contribution in [2.24, 2.45) is 0 Å². The maximum absolute atomic E-state index is 12.6. The Morgan fingerprint density at radius 1 is 1.58 bits per heavy atom. The van der Waals surface area contributed by atoms with Crippen LogP contribution >= 0.6 is 0 Å². The van der Waals surface area contributed by atoms with Gasteiger partial charge in [0.05, 0.1) is 0 Å². The number of benzene rings is 1. The van der Waals surface area contributed by atoms with E-state index in [4.69, 9.17) is 0 Å².